The number of aryl methyl sites for hydroxylation is 1. The predicted octanol–water partition coefficient (Wildman–Crippen LogP) is 3.25. The van der Waals surface area contributed by atoms with Gasteiger partial charge in [-0.1, -0.05) is 12.1 Å². The van der Waals surface area contributed by atoms with Crippen molar-refractivity contribution in [1.82, 2.24) is 4.57 Å². The molecule has 0 saturated heterocycles. The minimum absolute atomic E-state index is 0.295. The first-order chi connectivity index (χ1) is 9.86. The van der Waals surface area contributed by atoms with Crippen LogP contribution in [0, 0.1) is 0 Å². The number of hydrogen-bond acceptors (Lipinski definition) is 2. The number of rotatable bonds is 2. The molecule has 0 radical (unpaired) electrons. The molecule has 21 heavy (non-hydrogen) atoms. The second kappa shape index (κ2) is 6.09. The fraction of sp³-hybridized carbons (Fsp3) is 0.143. The van der Waals surface area contributed by atoms with Crippen molar-refractivity contribution in [3.8, 4) is 0 Å². The first-order valence-electron chi connectivity index (χ1n) is 5.90. The Hall–Kier alpha value is -2.15. The van der Waals surface area contributed by atoms with Crippen LogP contribution in [-0.2, 0) is 18.0 Å². The molecular weight excluding hydrogens is 301 g/mol. The van der Waals surface area contributed by atoms with Crippen molar-refractivity contribution in [2.75, 3.05) is 0 Å². The summed E-state index contributed by atoms with van der Waals surface area (Å²) in [6.07, 6.45) is -0.180. The molecule has 0 spiro atoms. The number of halogens is 3. The number of amides is 1. The van der Waals surface area contributed by atoms with Crippen LogP contribution < -0.4 is 4.80 Å². The average Bonchev–Trinajstić information content (AvgIpc) is 2.81. The van der Waals surface area contributed by atoms with Crippen LogP contribution in [0.1, 0.15) is 11.1 Å². The van der Waals surface area contributed by atoms with E-state index in [4.69, 9.17) is 0 Å². The molecule has 0 saturated carbocycles. The molecule has 1 aromatic heterocycles. The Morgan fingerprint density at radius 2 is 2.14 bits per heavy atom. The van der Waals surface area contributed by atoms with Crippen molar-refractivity contribution in [1.29, 1.82) is 0 Å². The molecule has 1 aromatic carbocycles. The van der Waals surface area contributed by atoms with Crippen LogP contribution >= 0.6 is 11.3 Å². The Labute approximate surface area is 122 Å². The zero-order chi connectivity index (χ0) is 15.5. The van der Waals surface area contributed by atoms with E-state index in [1.54, 1.807) is 23.2 Å². The molecule has 1 amide bonds. The van der Waals surface area contributed by atoms with E-state index in [-0.39, 0.29) is 0 Å². The lowest BCUT2D eigenvalue weighted by atomic mass is 10.1. The van der Waals surface area contributed by atoms with E-state index >= 15 is 0 Å². The van der Waals surface area contributed by atoms with Crippen LogP contribution in [-0.4, -0.2) is 10.5 Å². The second-order valence-electron chi connectivity index (χ2n) is 4.20. The summed E-state index contributed by atoms with van der Waals surface area (Å²) in [6.45, 7) is 0. The van der Waals surface area contributed by atoms with Crippen molar-refractivity contribution in [3.05, 3.63) is 57.8 Å². The Bertz CT molecular complexity index is 741. The van der Waals surface area contributed by atoms with Gasteiger partial charge in [-0.2, -0.15) is 18.2 Å². The maximum atomic E-state index is 12.6. The summed E-state index contributed by atoms with van der Waals surface area (Å²) >= 11 is 1.30. The lowest BCUT2D eigenvalue weighted by Crippen LogP contribution is -2.11. The normalized spacial score (nSPS) is 13.0. The highest BCUT2D eigenvalue weighted by Crippen LogP contribution is 2.29. The molecule has 7 heteroatoms. The van der Waals surface area contributed by atoms with Crippen molar-refractivity contribution in [2.45, 2.75) is 6.18 Å². The lowest BCUT2D eigenvalue weighted by molar-refractivity contribution is -0.137. The van der Waals surface area contributed by atoms with Crippen molar-refractivity contribution >= 4 is 23.3 Å². The van der Waals surface area contributed by atoms with E-state index in [2.05, 4.69) is 4.99 Å². The molecule has 2 rings (SSSR count). The van der Waals surface area contributed by atoms with Gasteiger partial charge in [-0.15, -0.1) is 11.3 Å². The molecule has 2 aromatic rings. The zero-order valence-corrected chi connectivity index (χ0v) is 11.8. The van der Waals surface area contributed by atoms with E-state index < -0.39 is 17.6 Å². The molecule has 0 N–H and O–H groups in total. The SMILES string of the molecule is Cn1ccsc1=NC(=O)C=Cc1cccc(C(F)(F)F)c1. The molecule has 110 valence electrons. The smallest absolute Gasteiger partial charge is 0.327 e. The van der Waals surface area contributed by atoms with Gasteiger partial charge in [0.05, 0.1) is 5.56 Å². The van der Waals surface area contributed by atoms with E-state index in [1.165, 1.54) is 29.5 Å². The topological polar surface area (TPSA) is 34.4 Å². The van der Waals surface area contributed by atoms with E-state index in [9.17, 15) is 18.0 Å². The highest BCUT2D eigenvalue weighted by atomic mass is 32.1. The summed E-state index contributed by atoms with van der Waals surface area (Å²) in [5.74, 6) is -0.523. The van der Waals surface area contributed by atoms with Gasteiger partial charge in [0.2, 0.25) is 0 Å². The second-order valence-corrected chi connectivity index (χ2v) is 5.08. The minimum Gasteiger partial charge on any atom is -0.327 e. The quantitative estimate of drug-likeness (QED) is 0.784. The molecule has 3 nitrogen and oxygen atoms in total. The molecule has 0 bridgehead atoms. The van der Waals surface area contributed by atoms with Gasteiger partial charge in [-0.3, -0.25) is 4.79 Å². The third kappa shape index (κ3) is 4.16. The number of alkyl halides is 3. The number of aromatic nitrogens is 1. The molecule has 0 aliphatic heterocycles. The van der Waals surface area contributed by atoms with Crippen molar-refractivity contribution < 1.29 is 18.0 Å². The van der Waals surface area contributed by atoms with E-state index in [0.29, 0.717) is 10.4 Å². The van der Waals surface area contributed by atoms with Crippen molar-refractivity contribution in [2.24, 2.45) is 12.0 Å². The van der Waals surface area contributed by atoms with Crippen LogP contribution in [0.5, 0.6) is 0 Å². The number of carbonyl (C=O) groups excluding carboxylic acids is 1. The van der Waals surface area contributed by atoms with Gasteiger partial charge in [0.1, 0.15) is 0 Å². The first kappa shape index (κ1) is 15.2. The van der Waals surface area contributed by atoms with Crippen LogP contribution in [0.15, 0.2) is 46.9 Å². The number of benzene rings is 1. The Morgan fingerprint density at radius 3 is 2.76 bits per heavy atom. The van der Waals surface area contributed by atoms with Gasteiger partial charge in [-0.05, 0) is 23.8 Å². The van der Waals surface area contributed by atoms with Crippen LogP contribution in [0.25, 0.3) is 6.08 Å². The fourth-order valence-electron chi connectivity index (χ4n) is 1.55. The van der Waals surface area contributed by atoms with Gasteiger partial charge >= 0.3 is 6.18 Å². The summed E-state index contributed by atoms with van der Waals surface area (Å²) in [6, 6.07) is 4.75. The van der Waals surface area contributed by atoms with Gasteiger partial charge in [0, 0.05) is 24.7 Å². The Morgan fingerprint density at radius 1 is 1.38 bits per heavy atom. The highest BCUT2D eigenvalue weighted by molar-refractivity contribution is 7.07. The molecule has 0 aliphatic rings. The molecule has 0 unspecified atom stereocenters. The maximum Gasteiger partial charge on any atom is 0.416 e. The predicted molar refractivity (Wildman–Crippen MR) is 74.3 cm³/mol. The largest absolute Gasteiger partial charge is 0.416 e. The molecule has 1 heterocycles. The van der Waals surface area contributed by atoms with Gasteiger partial charge in [0.25, 0.3) is 5.91 Å². The van der Waals surface area contributed by atoms with Gasteiger partial charge in [-0.25, -0.2) is 0 Å². The zero-order valence-electron chi connectivity index (χ0n) is 11.0. The molecule has 0 atom stereocenters. The minimum atomic E-state index is -4.40. The van der Waals surface area contributed by atoms with Crippen LogP contribution in [0.4, 0.5) is 13.2 Å². The average molecular weight is 312 g/mol. The molecule has 0 fully saturated rings. The summed E-state index contributed by atoms with van der Waals surface area (Å²) in [7, 11) is 1.75. The number of hydrogen-bond donors (Lipinski definition) is 0. The third-order valence-corrected chi connectivity index (χ3v) is 3.45. The Balaban J connectivity index is 2.19. The lowest BCUT2D eigenvalue weighted by Gasteiger charge is -2.06. The van der Waals surface area contributed by atoms with Gasteiger partial charge < -0.3 is 4.57 Å². The Kier molecular flexibility index (Phi) is 4.42. The number of thiazole rings is 1. The van der Waals surface area contributed by atoms with E-state index in [1.807, 2.05) is 0 Å². The summed E-state index contributed by atoms with van der Waals surface area (Å²) in [4.78, 5) is 16.0. The maximum absolute atomic E-state index is 12.6. The molecule has 0 aliphatic carbocycles. The third-order valence-electron chi connectivity index (χ3n) is 2.60. The molecular formula is C14H11F3N2OS. The van der Waals surface area contributed by atoms with E-state index in [0.717, 1.165) is 18.2 Å². The van der Waals surface area contributed by atoms with Crippen LogP contribution in [0.3, 0.4) is 0 Å². The summed E-state index contributed by atoms with van der Waals surface area (Å²) < 4.78 is 39.3. The van der Waals surface area contributed by atoms with Crippen LogP contribution in [0.2, 0.25) is 0 Å². The summed E-state index contributed by atoms with van der Waals surface area (Å²) in [5, 5.41) is 1.78. The number of nitrogens with zero attached hydrogens (tertiary/aromatic N) is 2. The number of carbonyl (C=O) groups is 1. The fourth-order valence-corrected chi connectivity index (χ4v) is 2.29. The summed E-state index contributed by atoms with van der Waals surface area (Å²) in [5.41, 5.74) is -0.456. The standard InChI is InChI=1S/C14H11F3N2OS/c1-19-7-8-21-13(19)18-12(20)6-5-10-3-2-4-11(9-10)14(15,16)17/h2-9H,1H3. The highest BCUT2D eigenvalue weighted by Gasteiger charge is 2.30. The first-order valence-corrected chi connectivity index (χ1v) is 6.78. The van der Waals surface area contributed by atoms with Gasteiger partial charge in [0.15, 0.2) is 4.80 Å². The monoisotopic (exact) mass is 312 g/mol. The van der Waals surface area contributed by atoms with Crippen molar-refractivity contribution in [3.63, 3.8) is 0 Å².